The average Bonchev–Trinajstić information content (AvgIpc) is 1.96. The molecular weight excluding hydrogens is 143 g/mol. The van der Waals surface area contributed by atoms with Crippen LogP contribution in [0.25, 0.3) is 0 Å². The molecule has 0 aromatic carbocycles. The molecule has 12 heavy (non-hydrogen) atoms. The molecule has 0 saturated heterocycles. The van der Waals surface area contributed by atoms with Crippen molar-refractivity contribution in [1.82, 2.24) is 0 Å². The maximum atomic E-state index is 2.17. The van der Waals surface area contributed by atoms with Crippen molar-refractivity contribution in [2.24, 2.45) is 5.92 Å². The first-order chi connectivity index (χ1) is 5.15. The van der Waals surface area contributed by atoms with Gasteiger partial charge in [0.25, 0.3) is 0 Å². The van der Waals surface area contributed by atoms with E-state index in [2.05, 4.69) is 34.6 Å². The SMILES string of the molecule is CC.CC.CC(C)C.CCC.[2HH].[B]. The second-order valence-electron chi connectivity index (χ2n) is 2.44. The summed E-state index contributed by atoms with van der Waals surface area (Å²) in [5, 5.41) is 0. The summed E-state index contributed by atoms with van der Waals surface area (Å²) in [6.45, 7) is 18.8. The molecule has 0 rings (SSSR count). The van der Waals surface area contributed by atoms with Crippen LogP contribution in [0, 0.1) is 5.92 Å². The Morgan fingerprint density at radius 1 is 0.833 bits per heavy atom. The maximum absolute atomic E-state index is 2.17. The first kappa shape index (κ1) is 29.6. The quantitative estimate of drug-likeness (QED) is 0.456. The number of hydrogen-bond donors (Lipinski definition) is 0. The van der Waals surface area contributed by atoms with Crippen molar-refractivity contribution >= 4 is 8.41 Å². The number of rotatable bonds is 0. The molecule has 0 unspecified atom stereocenters. The van der Waals surface area contributed by atoms with Crippen LogP contribution in [0.3, 0.4) is 0 Å². The predicted octanol–water partition coefficient (Wildman–Crippen LogP) is 5.00. The molecule has 0 saturated carbocycles. The molecule has 0 amide bonds. The second kappa shape index (κ2) is 67.8. The van der Waals surface area contributed by atoms with Gasteiger partial charge >= 0.3 is 0 Å². The van der Waals surface area contributed by atoms with Crippen LogP contribution >= 0.6 is 0 Å². The molecule has 0 atom stereocenters. The van der Waals surface area contributed by atoms with Crippen molar-refractivity contribution in [3.8, 4) is 0 Å². The summed E-state index contributed by atoms with van der Waals surface area (Å²) in [5.74, 6) is 0.833. The fourth-order valence-electron chi connectivity index (χ4n) is 0. The zero-order valence-corrected chi connectivity index (χ0v) is 10.9. The van der Waals surface area contributed by atoms with Gasteiger partial charge in [0.2, 0.25) is 0 Å². The average molecular weight is 176 g/mol. The highest BCUT2D eigenvalue weighted by Gasteiger charge is 1.68. The highest BCUT2D eigenvalue weighted by Crippen LogP contribution is 1.81. The van der Waals surface area contributed by atoms with E-state index < -0.39 is 0 Å². The van der Waals surface area contributed by atoms with Gasteiger partial charge in [-0.05, 0) is 5.92 Å². The van der Waals surface area contributed by atoms with Crippen LogP contribution in [0.15, 0.2) is 0 Å². The van der Waals surface area contributed by atoms with E-state index in [9.17, 15) is 0 Å². The van der Waals surface area contributed by atoms with Gasteiger partial charge in [0.1, 0.15) is 0 Å². The van der Waals surface area contributed by atoms with E-state index in [1.54, 1.807) is 0 Å². The van der Waals surface area contributed by atoms with Crippen LogP contribution in [0.4, 0.5) is 0 Å². The summed E-state index contributed by atoms with van der Waals surface area (Å²) in [7, 11) is 0. The largest absolute Gasteiger partial charge is 0.0683 e. The van der Waals surface area contributed by atoms with Crippen LogP contribution in [-0.2, 0) is 0 Å². The molecule has 0 aromatic rings. The van der Waals surface area contributed by atoms with Crippen LogP contribution in [0.5, 0.6) is 0 Å². The predicted molar refractivity (Wildman–Crippen MR) is 67.0 cm³/mol. The summed E-state index contributed by atoms with van der Waals surface area (Å²) in [6.07, 6.45) is 1.25. The van der Waals surface area contributed by atoms with E-state index in [0.717, 1.165) is 5.92 Å². The maximum Gasteiger partial charge on any atom is 0 e. The molecule has 3 radical (unpaired) electrons. The van der Waals surface area contributed by atoms with Gasteiger partial charge in [-0.3, -0.25) is 0 Å². The Kier molecular flexibility index (Phi) is 167. The fourth-order valence-corrected chi connectivity index (χ4v) is 0. The Morgan fingerprint density at radius 2 is 0.833 bits per heavy atom. The summed E-state index contributed by atoms with van der Waals surface area (Å²) in [6, 6.07) is 0. The molecule has 0 spiro atoms. The van der Waals surface area contributed by atoms with Gasteiger partial charge in [-0.1, -0.05) is 68.7 Å². The number of hydrogen-bond acceptors (Lipinski definition) is 0. The van der Waals surface area contributed by atoms with Crippen LogP contribution in [-0.4, -0.2) is 8.41 Å². The van der Waals surface area contributed by atoms with E-state index in [4.69, 9.17) is 0 Å². The van der Waals surface area contributed by atoms with E-state index >= 15 is 0 Å². The smallest absolute Gasteiger partial charge is 0 e. The topological polar surface area (TPSA) is 0 Å². The Hall–Kier alpha value is 0.0649. The molecule has 79 valence electrons. The van der Waals surface area contributed by atoms with E-state index in [-0.39, 0.29) is 9.84 Å². The van der Waals surface area contributed by atoms with Crippen molar-refractivity contribution in [2.75, 3.05) is 0 Å². The first-order valence-corrected chi connectivity index (χ1v) is 5.15. The highest BCUT2D eigenvalue weighted by molar-refractivity contribution is 5.75. The third-order valence-electron chi connectivity index (χ3n) is 0. The fraction of sp³-hybridized carbons (Fsp3) is 1.00. The van der Waals surface area contributed by atoms with Crippen molar-refractivity contribution in [1.29, 1.82) is 0 Å². The van der Waals surface area contributed by atoms with Gasteiger partial charge in [-0.2, -0.15) is 0 Å². The molecule has 0 aliphatic carbocycles. The van der Waals surface area contributed by atoms with Crippen molar-refractivity contribution in [3.63, 3.8) is 0 Å². The molecule has 0 aliphatic heterocycles. The Morgan fingerprint density at radius 3 is 0.833 bits per heavy atom. The molecule has 0 aliphatic rings. The normalized spacial score (nSPS) is 5.50. The lowest BCUT2D eigenvalue weighted by atomic mass is 10.3. The minimum Gasteiger partial charge on any atom is -0.0683 e. The minimum absolute atomic E-state index is 0. The zero-order chi connectivity index (χ0) is 10.3. The third-order valence-corrected chi connectivity index (χ3v) is 0. The highest BCUT2D eigenvalue weighted by atomic mass is 13.7. The van der Waals surface area contributed by atoms with Crippen molar-refractivity contribution < 1.29 is 1.43 Å². The lowest BCUT2D eigenvalue weighted by molar-refractivity contribution is 0.737. The molecule has 1 heteroatoms. The molecule has 0 nitrogen and oxygen atoms in total. The summed E-state index contributed by atoms with van der Waals surface area (Å²) in [5.41, 5.74) is 0. The lowest BCUT2D eigenvalue weighted by Crippen LogP contribution is -1.66. The van der Waals surface area contributed by atoms with Gasteiger partial charge in [-0.25, -0.2) is 0 Å². The molecule has 0 fully saturated rings. The van der Waals surface area contributed by atoms with Crippen LogP contribution < -0.4 is 0 Å². The molecule has 0 bridgehead atoms. The summed E-state index contributed by atoms with van der Waals surface area (Å²) in [4.78, 5) is 0. The Labute approximate surface area is 85.2 Å². The lowest BCUT2D eigenvalue weighted by Gasteiger charge is -1.79. The van der Waals surface area contributed by atoms with E-state index in [1.165, 1.54) is 6.42 Å². The molecule has 0 heterocycles. The van der Waals surface area contributed by atoms with Gasteiger partial charge in [0.15, 0.2) is 0 Å². The molecule has 0 aromatic heterocycles. The Balaban J connectivity index is -0.0000000125. The van der Waals surface area contributed by atoms with Crippen molar-refractivity contribution in [2.45, 2.75) is 68.7 Å². The summed E-state index contributed by atoms with van der Waals surface area (Å²) < 4.78 is 0. The molecular formula is C11H32B. The zero-order valence-electron chi connectivity index (χ0n) is 10.9. The van der Waals surface area contributed by atoms with Gasteiger partial charge in [-0.15, -0.1) is 0 Å². The molecule has 0 N–H and O–H groups in total. The summed E-state index contributed by atoms with van der Waals surface area (Å²) >= 11 is 0. The van der Waals surface area contributed by atoms with E-state index in [0.29, 0.717) is 0 Å². The minimum atomic E-state index is 0. The van der Waals surface area contributed by atoms with Crippen LogP contribution in [0.2, 0.25) is 0 Å². The Bertz CT molecular complexity index is 21.3. The monoisotopic (exact) mass is 176 g/mol. The van der Waals surface area contributed by atoms with Crippen LogP contribution in [0.1, 0.15) is 70.2 Å². The van der Waals surface area contributed by atoms with Crippen molar-refractivity contribution in [3.05, 3.63) is 0 Å². The van der Waals surface area contributed by atoms with E-state index in [1.807, 2.05) is 27.7 Å². The van der Waals surface area contributed by atoms with Gasteiger partial charge in [0, 0.05) is 9.84 Å². The van der Waals surface area contributed by atoms with Gasteiger partial charge in [0.05, 0.1) is 0 Å². The first-order valence-electron chi connectivity index (χ1n) is 5.15. The third kappa shape index (κ3) is 196000. The van der Waals surface area contributed by atoms with Gasteiger partial charge < -0.3 is 0 Å². The second-order valence-corrected chi connectivity index (χ2v) is 2.44. The standard InChI is InChI=1S/C4H10.C3H8.2C2H6.B.H2/c1-4(2)3;1-3-2;2*1-2;;/h4H,1-3H3;3H2,1-2H3;2*1-2H3;;1H/i;;;;;1+1.